The lowest BCUT2D eigenvalue weighted by Crippen LogP contribution is -2.19. The number of aromatic nitrogens is 1. The molecule has 0 atom stereocenters. The molecule has 2 N–H and O–H groups in total. The van der Waals surface area contributed by atoms with Crippen molar-refractivity contribution in [1.82, 2.24) is 9.88 Å². The van der Waals surface area contributed by atoms with Crippen LogP contribution in [-0.2, 0) is 6.54 Å². The Morgan fingerprint density at radius 3 is 2.64 bits per heavy atom. The second-order valence-electron chi connectivity index (χ2n) is 5.19. The number of nitrogens with one attached hydrogen (secondary N) is 2. The molecule has 0 saturated carbocycles. The maximum absolute atomic E-state index is 12.5. The lowest BCUT2D eigenvalue weighted by Gasteiger charge is -2.14. The highest BCUT2D eigenvalue weighted by Crippen LogP contribution is 2.21. The van der Waals surface area contributed by atoms with Crippen LogP contribution in [0.5, 0.6) is 0 Å². The summed E-state index contributed by atoms with van der Waals surface area (Å²) in [5.41, 5.74) is 2.55. The molecule has 1 aromatic carbocycles. The molecule has 120 valence electrons. The predicted octanol–water partition coefficient (Wildman–Crippen LogP) is 4.23. The van der Waals surface area contributed by atoms with E-state index in [4.69, 9.17) is 0 Å². The molecule has 0 aliphatic rings. The molecule has 1 aromatic heterocycles. The Labute approximate surface area is 145 Å². The van der Waals surface area contributed by atoms with Crippen molar-refractivity contribution in [3.05, 3.63) is 52.3 Å². The summed E-state index contributed by atoms with van der Waals surface area (Å²) < 4.78 is 2.87. The number of carbonyl (C=O) groups excluding carboxylic acids is 1. The molecule has 0 unspecified atom stereocenters. The molecular formula is C16H21BrClN3O. The monoisotopic (exact) mass is 385 g/mol. The van der Waals surface area contributed by atoms with Gasteiger partial charge in [-0.2, -0.15) is 0 Å². The average molecular weight is 387 g/mol. The Bertz CT molecular complexity index is 640. The summed E-state index contributed by atoms with van der Waals surface area (Å²) in [6.07, 6.45) is 1.93. The van der Waals surface area contributed by atoms with E-state index in [1.54, 1.807) is 0 Å². The molecule has 1 amide bonds. The quantitative estimate of drug-likeness (QED) is 0.808. The van der Waals surface area contributed by atoms with E-state index in [2.05, 4.69) is 40.4 Å². The Morgan fingerprint density at radius 2 is 2.00 bits per heavy atom. The average Bonchev–Trinajstić information content (AvgIpc) is 2.84. The van der Waals surface area contributed by atoms with Gasteiger partial charge in [-0.3, -0.25) is 4.79 Å². The van der Waals surface area contributed by atoms with Crippen LogP contribution in [0.25, 0.3) is 0 Å². The molecular weight excluding hydrogens is 366 g/mol. The van der Waals surface area contributed by atoms with Gasteiger partial charge in [0.25, 0.3) is 5.91 Å². The normalized spacial score (nSPS) is 10.4. The summed E-state index contributed by atoms with van der Waals surface area (Å²) in [6, 6.07) is 9.88. The zero-order valence-electron chi connectivity index (χ0n) is 12.9. The molecule has 6 heteroatoms. The van der Waals surface area contributed by atoms with E-state index in [1.807, 2.05) is 48.1 Å². The van der Waals surface area contributed by atoms with E-state index in [1.165, 1.54) is 0 Å². The number of benzene rings is 1. The number of carbonyl (C=O) groups is 1. The van der Waals surface area contributed by atoms with Gasteiger partial charge in [0.1, 0.15) is 5.69 Å². The molecule has 0 saturated heterocycles. The van der Waals surface area contributed by atoms with Gasteiger partial charge < -0.3 is 15.2 Å². The van der Waals surface area contributed by atoms with Crippen molar-refractivity contribution in [3.63, 3.8) is 0 Å². The number of hydrogen-bond acceptors (Lipinski definition) is 2. The fourth-order valence-electron chi connectivity index (χ4n) is 2.23. The summed E-state index contributed by atoms with van der Waals surface area (Å²) in [6.45, 7) is 4.82. The minimum Gasteiger partial charge on any atom is -0.340 e. The lowest BCUT2D eigenvalue weighted by atomic mass is 10.1. The third-order valence-corrected chi connectivity index (χ3v) is 3.67. The third kappa shape index (κ3) is 4.35. The zero-order valence-corrected chi connectivity index (χ0v) is 15.3. The molecule has 4 nitrogen and oxygen atoms in total. The Morgan fingerprint density at radius 1 is 1.32 bits per heavy atom. The molecule has 0 aliphatic heterocycles. The van der Waals surface area contributed by atoms with Crippen LogP contribution in [-0.4, -0.2) is 17.5 Å². The summed E-state index contributed by atoms with van der Waals surface area (Å²) in [4.78, 5) is 12.5. The second-order valence-corrected chi connectivity index (χ2v) is 6.10. The van der Waals surface area contributed by atoms with Gasteiger partial charge in [-0.15, -0.1) is 12.4 Å². The van der Waals surface area contributed by atoms with Gasteiger partial charge in [-0.25, -0.2) is 0 Å². The van der Waals surface area contributed by atoms with Crippen molar-refractivity contribution in [2.75, 3.05) is 12.4 Å². The maximum Gasteiger partial charge on any atom is 0.272 e. The molecule has 1 heterocycles. The summed E-state index contributed by atoms with van der Waals surface area (Å²) in [5, 5.41) is 6.11. The van der Waals surface area contributed by atoms with Crippen LogP contribution < -0.4 is 10.6 Å². The van der Waals surface area contributed by atoms with Crippen LogP contribution in [0.15, 0.2) is 41.0 Å². The predicted molar refractivity (Wildman–Crippen MR) is 96.9 cm³/mol. The van der Waals surface area contributed by atoms with Crippen molar-refractivity contribution >= 4 is 39.9 Å². The molecule has 0 fully saturated rings. The SMILES string of the molecule is CNCc1ccccc1NC(=O)c1cc(Br)cn1C(C)C.Cl. The highest BCUT2D eigenvalue weighted by atomic mass is 79.9. The largest absolute Gasteiger partial charge is 0.340 e. The van der Waals surface area contributed by atoms with E-state index < -0.39 is 0 Å². The lowest BCUT2D eigenvalue weighted by molar-refractivity contribution is 0.101. The van der Waals surface area contributed by atoms with Gasteiger partial charge >= 0.3 is 0 Å². The van der Waals surface area contributed by atoms with Crippen molar-refractivity contribution in [2.24, 2.45) is 0 Å². The number of amides is 1. The summed E-state index contributed by atoms with van der Waals surface area (Å²) in [7, 11) is 1.89. The standard InChI is InChI=1S/C16H20BrN3O.ClH/c1-11(2)20-10-13(17)8-15(20)16(21)19-14-7-5-4-6-12(14)9-18-3;/h4-8,10-11,18H,9H2,1-3H3,(H,19,21);1H. The molecule has 0 spiro atoms. The number of hydrogen-bond donors (Lipinski definition) is 2. The summed E-state index contributed by atoms with van der Waals surface area (Å²) in [5.74, 6) is -0.0991. The van der Waals surface area contributed by atoms with Gasteiger partial charge in [0, 0.05) is 28.9 Å². The zero-order chi connectivity index (χ0) is 15.4. The second kappa shape index (κ2) is 8.36. The Balaban J connectivity index is 0.00000242. The first-order chi connectivity index (χ1) is 10.0. The van der Waals surface area contributed by atoms with Gasteiger partial charge in [-0.05, 0) is 54.5 Å². The third-order valence-electron chi connectivity index (χ3n) is 3.24. The van der Waals surface area contributed by atoms with Crippen LogP contribution in [0.2, 0.25) is 0 Å². The number of para-hydroxylation sites is 1. The van der Waals surface area contributed by atoms with E-state index >= 15 is 0 Å². The molecule has 0 aliphatic carbocycles. The minimum absolute atomic E-state index is 0. The van der Waals surface area contributed by atoms with Crippen LogP contribution in [0.3, 0.4) is 0 Å². The van der Waals surface area contributed by atoms with Gasteiger partial charge in [0.15, 0.2) is 0 Å². The molecule has 22 heavy (non-hydrogen) atoms. The number of nitrogens with zero attached hydrogens (tertiary/aromatic N) is 1. The highest BCUT2D eigenvalue weighted by molar-refractivity contribution is 9.10. The van der Waals surface area contributed by atoms with Crippen molar-refractivity contribution in [1.29, 1.82) is 0 Å². The van der Waals surface area contributed by atoms with Crippen LogP contribution in [0, 0.1) is 0 Å². The number of halogens is 2. The van der Waals surface area contributed by atoms with Gasteiger partial charge in [0.05, 0.1) is 0 Å². The maximum atomic E-state index is 12.5. The topological polar surface area (TPSA) is 46.1 Å². The molecule has 2 rings (SSSR count). The first kappa shape index (κ1) is 18.7. The van der Waals surface area contributed by atoms with Crippen molar-refractivity contribution < 1.29 is 4.79 Å². The molecule has 2 aromatic rings. The smallest absolute Gasteiger partial charge is 0.272 e. The highest BCUT2D eigenvalue weighted by Gasteiger charge is 2.16. The van der Waals surface area contributed by atoms with E-state index in [9.17, 15) is 4.79 Å². The van der Waals surface area contributed by atoms with Crippen molar-refractivity contribution in [2.45, 2.75) is 26.4 Å². The summed E-state index contributed by atoms with van der Waals surface area (Å²) >= 11 is 3.43. The van der Waals surface area contributed by atoms with E-state index in [0.29, 0.717) is 12.2 Å². The number of rotatable bonds is 5. The van der Waals surface area contributed by atoms with Crippen molar-refractivity contribution in [3.8, 4) is 0 Å². The Hall–Kier alpha value is -1.30. The van der Waals surface area contributed by atoms with Crippen LogP contribution >= 0.6 is 28.3 Å². The fraction of sp³-hybridized carbons (Fsp3) is 0.312. The van der Waals surface area contributed by atoms with Gasteiger partial charge in [-0.1, -0.05) is 18.2 Å². The van der Waals surface area contributed by atoms with Crippen LogP contribution in [0.4, 0.5) is 5.69 Å². The van der Waals surface area contributed by atoms with Crippen LogP contribution in [0.1, 0.15) is 35.9 Å². The number of anilines is 1. The first-order valence-electron chi connectivity index (χ1n) is 6.94. The first-order valence-corrected chi connectivity index (χ1v) is 7.73. The Kier molecular flexibility index (Phi) is 7.13. The molecule has 0 bridgehead atoms. The fourth-order valence-corrected chi connectivity index (χ4v) is 2.67. The minimum atomic E-state index is -0.0991. The van der Waals surface area contributed by atoms with Gasteiger partial charge in [0.2, 0.25) is 0 Å². The van der Waals surface area contributed by atoms with E-state index in [-0.39, 0.29) is 24.4 Å². The van der Waals surface area contributed by atoms with E-state index in [0.717, 1.165) is 15.7 Å². The molecule has 0 radical (unpaired) electrons.